The van der Waals surface area contributed by atoms with Crippen LogP contribution >= 0.6 is 0 Å². The van der Waals surface area contributed by atoms with E-state index in [1.54, 1.807) is 12.1 Å². The second-order valence-corrected chi connectivity index (χ2v) is 4.68. The summed E-state index contributed by atoms with van der Waals surface area (Å²) in [5.41, 5.74) is 4.00. The summed E-state index contributed by atoms with van der Waals surface area (Å²) in [5, 5.41) is 21.8. The van der Waals surface area contributed by atoms with Crippen molar-refractivity contribution < 1.29 is 9.85 Å². The lowest BCUT2D eigenvalue weighted by Gasteiger charge is -2.01. The van der Waals surface area contributed by atoms with E-state index < -0.39 is 9.85 Å². The van der Waals surface area contributed by atoms with Crippen molar-refractivity contribution in [3.05, 3.63) is 73.8 Å². The van der Waals surface area contributed by atoms with Gasteiger partial charge in [-0.1, -0.05) is 6.08 Å². The molecular formula is C15H10N2O4. The summed E-state index contributed by atoms with van der Waals surface area (Å²) >= 11 is 0. The molecule has 0 atom stereocenters. The highest BCUT2D eigenvalue weighted by Gasteiger charge is 2.26. The normalized spacial score (nSPS) is 11.8. The van der Waals surface area contributed by atoms with Crippen LogP contribution in [0.15, 0.2) is 42.5 Å². The minimum atomic E-state index is -0.445. The lowest BCUT2D eigenvalue weighted by Crippen LogP contribution is -1.90. The molecule has 21 heavy (non-hydrogen) atoms. The smallest absolute Gasteiger partial charge is 0.258 e. The van der Waals surface area contributed by atoms with Crippen LogP contribution in [0.25, 0.3) is 16.7 Å². The molecule has 2 aromatic carbocycles. The molecule has 0 unspecified atom stereocenters. The highest BCUT2D eigenvalue weighted by atomic mass is 16.6. The Morgan fingerprint density at radius 1 is 0.810 bits per heavy atom. The second-order valence-electron chi connectivity index (χ2n) is 4.68. The Bertz CT molecular complexity index is 759. The quantitative estimate of drug-likeness (QED) is 0.526. The van der Waals surface area contributed by atoms with E-state index >= 15 is 0 Å². The van der Waals surface area contributed by atoms with Crippen LogP contribution in [0.3, 0.4) is 0 Å². The van der Waals surface area contributed by atoms with Gasteiger partial charge in [-0.25, -0.2) is 0 Å². The average Bonchev–Trinajstić information content (AvgIpc) is 2.78. The third-order valence-electron chi connectivity index (χ3n) is 3.59. The van der Waals surface area contributed by atoms with E-state index in [-0.39, 0.29) is 11.4 Å². The first-order valence-electron chi connectivity index (χ1n) is 6.27. The van der Waals surface area contributed by atoms with Crippen LogP contribution in [0, 0.1) is 20.2 Å². The van der Waals surface area contributed by atoms with Crippen LogP contribution in [-0.4, -0.2) is 9.85 Å². The number of nitro benzene ring substituents is 2. The van der Waals surface area contributed by atoms with E-state index in [1.807, 2.05) is 13.0 Å². The maximum atomic E-state index is 10.9. The molecule has 0 bridgehead atoms. The van der Waals surface area contributed by atoms with Crippen molar-refractivity contribution >= 4 is 16.9 Å². The first-order valence-corrected chi connectivity index (χ1v) is 6.27. The summed E-state index contributed by atoms with van der Waals surface area (Å²) in [5.74, 6) is 0. The number of nitrogens with zero attached hydrogens (tertiary/aromatic N) is 2. The number of rotatable bonds is 2. The number of fused-ring (bicyclic) bond motifs is 3. The van der Waals surface area contributed by atoms with Gasteiger partial charge in [0.25, 0.3) is 11.4 Å². The number of non-ortho nitro benzene ring substituents is 2. The van der Waals surface area contributed by atoms with Gasteiger partial charge in [0.05, 0.1) is 9.85 Å². The van der Waals surface area contributed by atoms with Gasteiger partial charge >= 0.3 is 0 Å². The molecule has 1 aliphatic carbocycles. The van der Waals surface area contributed by atoms with Crippen LogP contribution in [0.4, 0.5) is 11.4 Å². The summed E-state index contributed by atoms with van der Waals surface area (Å²) in [6.07, 6.45) is 1.82. The van der Waals surface area contributed by atoms with Crippen LogP contribution < -0.4 is 0 Å². The molecule has 0 saturated carbocycles. The zero-order valence-corrected chi connectivity index (χ0v) is 11.1. The predicted octanol–water partition coefficient (Wildman–Crippen LogP) is 3.94. The second kappa shape index (κ2) is 4.52. The van der Waals surface area contributed by atoms with E-state index in [1.165, 1.54) is 24.3 Å². The van der Waals surface area contributed by atoms with E-state index in [0.717, 1.165) is 27.8 Å². The molecule has 0 fully saturated rings. The molecule has 0 heterocycles. The molecule has 0 radical (unpaired) electrons. The molecule has 0 N–H and O–H groups in total. The van der Waals surface area contributed by atoms with Gasteiger partial charge in [-0.2, -0.15) is 0 Å². The largest absolute Gasteiger partial charge is 0.270 e. The summed E-state index contributed by atoms with van der Waals surface area (Å²) in [6.45, 7) is 1.81. The number of hydrogen-bond acceptors (Lipinski definition) is 4. The molecule has 3 rings (SSSR count). The van der Waals surface area contributed by atoms with Crippen LogP contribution in [-0.2, 0) is 0 Å². The Hall–Kier alpha value is -3.02. The van der Waals surface area contributed by atoms with Gasteiger partial charge in [-0.05, 0) is 46.9 Å². The van der Waals surface area contributed by atoms with Crippen molar-refractivity contribution in [3.63, 3.8) is 0 Å². The highest BCUT2D eigenvalue weighted by Crippen LogP contribution is 2.46. The minimum Gasteiger partial charge on any atom is -0.258 e. The summed E-state index contributed by atoms with van der Waals surface area (Å²) < 4.78 is 0. The SMILES string of the molecule is CC=C1c2cc([N+](=O)[O-])ccc2-c2ccc([N+](=O)[O-])cc21. The van der Waals surface area contributed by atoms with Crippen molar-refractivity contribution in [1.82, 2.24) is 0 Å². The molecule has 0 aromatic heterocycles. The van der Waals surface area contributed by atoms with Gasteiger partial charge in [0.1, 0.15) is 0 Å². The fourth-order valence-electron chi connectivity index (χ4n) is 2.66. The van der Waals surface area contributed by atoms with Crippen LogP contribution in [0.1, 0.15) is 18.1 Å². The molecule has 0 spiro atoms. The predicted molar refractivity (Wildman–Crippen MR) is 77.9 cm³/mol. The molecule has 104 valence electrons. The average molecular weight is 282 g/mol. The molecule has 6 nitrogen and oxygen atoms in total. The summed E-state index contributed by atoms with van der Waals surface area (Å²) in [7, 11) is 0. The monoisotopic (exact) mass is 282 g/mol. The van der Waals surface area contributed by atoms with E-state index in [4.69, 9.17) is 0 Å². The highest BCUT2D eigenvalue weighted by molar-refractivity contribution is 6.02. The summed E-state index contributed by atoms with van der Waals surface area (Å²) in [6, 6.07) is 9.29. The van der Waals surface area contributed by atoms with Crippen molar-refractivity contribution in [2.24, 2.45) is 0 Å². The zero-order chi connectivity index (χ0) is 15.1. The van der Waals surface area contributed by atoms with Gasteiger partial charge < -0.3 is 0 Å². The lowest BCUT2D eigenvalue weighted by atomic mass is 10.0. The molecule has 0 aliphatic heterocycles. The van der Waals surface area contributed by atoms with Gasteiger partial charge in [-0.15, -0.1) is 0 Å². The van der Waals surface area contributed by atoms with Crippen molar-refractivity contribution in [1.29, 1.82) is 0 Å². The minimum absolute atomic E-state index is 0.00964. The topological polar surface area (TPSA) is 86.3 Å². The van der Waals surface area contributed by atoms with Crippen molar-refractivity contribution in [2.75, 3.05) is 0 Å². The number of benzene rings is 2. The molecule has 2 aromatic rings. The van der Waals surface area contributed by atoms with Crippen LogP contribution in [0.2, 0.25) is 0 Å². The van der Waals surface area contributed by atoms with Gasteiger partial charge in [0.15, 0.2) is 0 Å². The maximum absolute atomic E-state index is 10.9. The fraction of sp³-hybridized carbons (Fsp3) is 0.0667. The molecule has 0 saturated heterocycles. The molecule has 1 aliphatic rings. The van der Waals surface area contributed by atoms with Gasteiger partial charge in [-0.3, -0.25) is 20.2 Å². The Morgan fingerprint density at radius 3 is 1.57 bits per heavy atom. The number of hydrogen-bond donors (Lipinski definition) is 0. The molecule has 0 amide bonds. The Labute approximate surface area is 119 Å². The van der Waals surface area contributed by atoms with E-state index in [0.29, 0.717) is 0 Å². The van der Waals surface area contributed by atoms with E-state index in [2.05, 4.69) is 0 Å². The van der Waals surface area contributed by atoms with Gasteiger partial charge in [0.2, 0.25) is 0 Å². The Morgan fingerprint density at radius 2 is 1.24 bits per heavy atom. The van der Waals surface area contributed by atoms with Crippen molar-refractivity contribution in [2.45, 2.75) is 6.92 Å². The number of nitro groups is 2. The Balaban J connectivity index is 2.26. The zero-order valence-electron chi connectivity index (χ0n) is 11.1. The molecule has 6 heteroatoms. The number of allylic oxidation sites excluding steroid dienone is 1. The fourth-order valence-corrected chi connectivity index (χ4v) is 2.66. The van der Waals surface area contributed by atoms with Crippen molar-refractivity contribution in [3.8, 4) is 11.1 Å². The van der Waals surface area contributed by atoms with Crippen LogP contribution in [0.5, 0.6) is 0 Å². The molecular weight excluding hydrogens is 272 g/mol. The summed E-state index contributed by atoms with van der Waals surface area (Å²) in [4.78, 5) is 20.9. The third-order valence-corrected chi connectivity index (χ3v) is 3.59. The van der Waals surface area contributed by atoms with Gasteiger partial charge in [0, 0.05) is 24.3 Å². The third kappa shape index (κ3) is 1.88. The lowest BCUT2D eigenvalue weighted by molar-refractivity contribution is -0.385. The Kier molecular flexibility index (Phi) is 2.79. The maximum Gasteiger partial charge on any atom is 0.270 e. The first-order chi connectivity index (χ1) is 10.0. The standard InChI is InChI=1S/C15H10N2O4/c1-2-11-14-7-9(16(18)19)3-5-12(14)13-6-4-10(17(20)21)8-15(11)13/h2-8H,1H3. The first kappa shape index (κ1) is 13.0. The van der Waals surface area contributed by atoms with E-state index in [9.17, 15) is 20.2 Å².